The lowest BCUT2D eigenvalue weighted by molar-refractivity contribution is -0.199. The number of ether oxygens (including phenoxy) is 5. The molecule has 0 radical (unpaired) electrons. The molecule has 4 aliphatic rings. The Balaban J connectivity index is 1.55. The quantitative estimate of drug-likeness (QED) is 0.0884. The fraction of sp³-hybridized carbons (Fsp3) is 0.641. The summed E-state index contributed by atoms with van der Waals surface area (Å²) in [5.41, 5.74) is -0.0613. The molecule has 9 nitrogen and oxygen atoms in total. The van der Waals surface area contributed by atoms with E-state index in [4.69, 9.17) is 33.0 Å². The lowest BCUT2D eigenvalue weighted by atomic mass is 9.43. The molecule has 50 heavy (non-hydrogen) atoms. The zero-order chi connectivity index (χ0) is 36.5. The number of esters is 1. The minimum atomic E-state index is -0.983. The molecule has 1 saturated heterocycles. The lowest BCUT2D eigenvalue weighted by Gasteiger charge is -2.64. The summed E-state index contributed by atoms with van der Waals surface area (Å²) in [6.07, 6.45) is 1.42. The zero-order valence-corrected chi connectivity index (χ0v) is 31.1. The first kappa shape index (κ1) is 38.3. The summed E-state index contributed by atoms with van der Waals surface area (Å²) in [6, 6.07) is 13.4. The molecular weight excluding hydrogens is 642 g/mol. The number of rotatable bonds is 13. The van der Waals surface area contributed by atoms with Gasteiger partial charge in [0, 0.05) is 11.5 Å². The van der Waals surface area contributed by atoms with Crippen LogP contribution in [0.3, 0.4) is 0 Å². The second-order valence-corrected chi connectivity index (χ2v) is 16.7. The third-order valence-electron chi connectivity index (χ3n) is 10.3. The molecule has 2 aromatic carbocycles. The van der Waals surface area contributed by atoms with Crippen molar-refractivity contribution in [3.05, 3.63) is 64.7 Å². The van der Waals surface area contributed by atoms with Crippen LogP contribution in [-0.2, 0) is 41.5 Å². The van der Waals surface area contributed by atoms with Gasteiger partial charge in [0.05, 0.1) is 38.1 Å². The summed E-state index contributed by atoms with van der Waals surface area (Å²) in [4.78, 5) is 27.3. The molecule has 1 aliphatic heterocycles. The molecule has 1 heterocycles. The number of hydrogen-bond acceptors (Lipinski definition) is 9. The van der Waals surface area contributed by atoms with Crippen molar-refractivity contribution in [3.63, 3.8) is 0 Å². The van der Waals surface area contributed by atoms with Crippen LogP contribution in [-0.4, -0.2) is 62.0 Å². The molecule has 0 N–H and O–H groups in total. The second-order valence-electron chi connectivity index (χ2n) is 16.7. The Hall–Kier alpha value is -2.99. The first-order valence-electron chi connectivity index (χ1n) is 17.8. The topological polar surface area (TPSA) is 98.8 Å². The van der Waals surface area contributed by atoms with E-state index in [2.05, 4.69) is 20.8 Å². The van der Waals surface area contributed by atoms with Crippen LogP contribution in [0.25, 0.3) is 0 Å². The molecule has 0 spiro atoms. The highest BCUT2D eigenvalue weighted by atomic mass is 19.1. The van der Waals surface area contributed by atoms with Crippen LogP contribution >= 0.6 is 0 Å². The predicted molar refractivity (Wildman–Crippen MR) is 188 cm³/mol. The highest BCUT2D eigenvalue weighted by Gasteiger charge is 2.67. The van der Waals surface area contributed by atoms with Gasteiger partial charge < -0.3 is 33.0 Å². The monoisotopic (exact) mass is 696 g/mol. The van der Waals surface area contributed by atoms with E-state index in [1.165, 1.54) is 0 Å². The van der Waals surface area contributed by atoms with Gasteiger partial charge in [-0.15, -0.1) is 0 Å². The number of carbonyl (C=O) groups excluding carboxylic acids is 2. The maximum Gasteiger partial charge on any atom is 0.514 e. The van der Waals surface area contributed by atoms with Crippen LogP contribution in [0.1, 0.15) is 108 Å². The number of hydrogen-bond donors (Lipinski definition) is 0. The first-order chi connectivity index (χ1) is 23.4. The van der Waals surface area contributed by atoms with Crippen LogP contribution in [0.4, 0.5) is 9.18 Å². The number of halogens is 1. The summed E-state index contributed by atoms with van der Waals surface area (Å²) in [5, 5.41) is 0. The summed E-state index contributed by atoms with van der Waals surface area (Å²) in [5.74, 6) is -0.210. The average molecular weight is 697 g/mol. The minimum Gasteiger partial charge on any atom is -0.456 e. The maximum absolute atomic E-state index is 14.0. The van der Waals surface area contributed by atoms with Crippen LogP contribution in [0.2, 0.25) is 6.32 Å². The summed E-state index contributed by atoms with van der Waals surface area (Å²) < 4.78 is 55.7. The number of benzene rings is 2. The van der Waals surface area contributed by atoms with Gasteiger partial charge in [-0.2, -0.15) is 0 Å². The van der Waals surface area contributed by atoms with Gasteiger partial charge in [0.25, 0.3) is 0 Å². The lowest BCUT2D eigenvalue weighted by Crippen LogP contribution is -2.65. The molecule has 0 aromatic heterocycles. The van der Waals surface area contributed by atoms with E-state index in [0.29, 0.717) is 35.9 Å². The molecule has 274 valence electrons. The fourth-order valence-corrected chi connectivity index (χ4v) is 7.80. The third kappa shape index (κ3) is 8.72. The molecule has 0 amide bonds. The van der Waals surface area contributed by atoms with Gasteiger partial charge >= 0.3 is 19.2 Å². The van der Waals surface area contributed by atoms with E-state index in [0.717, 1.165) is 18.4 Å². The summed E-state index contributed by atoms with van der Waals surface area (Å²) >= 11 is 0. The molecule has 2 aromatic rings. The molecule has 11 heteroatoms. The van der Waals surface area contributed by atoms with Crippen LogP contribution < -0.4 is 4.74 Å². The standard InChI is InChI=1S/C39H54BFO9/c1-36(2,3)47-34(42)32-26(23-44-18-17-41)15-16-29(33(32)46-35(43)48-37(4,5)6)27(24-45-22-25-13-11-10-12-14-25)21-40-49-31-20-28-19-30(38(28,7)8)39(31,9)50-40/h10-16,27-28,30-31H,17-24H2,1-9H3/t27?,28-,30-,31?,39+/m1/s1. The second kappa shape index (κ2) is 14.9. The predicted octanol–water partition coefficient (Wildman–Crippen LogP) is 8.47. The van der Waals surface area contributed by atoms with Crippen molar-refractivity contribution >= 4 is 19.2 Å². The van der Waals surface area contributed by atoms with Gasteiger partial charge in [-0.3, -0.25) is 0 Å². The molecule has 2 bridgehead atoms. The Kier molecular flexibility index (Phi) is 11.4. The van der Waals surface area contributed by atoms with E-state index >= 15 is 0 Å². The van der Waals surface area contributed by atoms with Gasteiger partial charge in [-0.1, -0.05) is 56.3 Å². The van der Waals surface area contributed by atoms with Gasteiger partial charge in [-0.25, -0.2) is 14.0 Å². The third-order valence-corrected chi connectivity index (χ3v) is 10.3. The van der Waals surface area contributed by atoms with Crippen molar-refractivity contribution in [1.29, 1.82) is 0 Å². The molecule has 6 rings (SSSR count). The molecule has 3 aliphatic carbocycles. The SMILES string of the molecule is CC(C)(C)OC(=O)Oc1c(C(COCc2ccccc2)CB2OC3C[C@H]4C[C@H](C4(C)C)[C@]3(C)O2)ccc(COCCF)c1C(=O)OC(C)(C)C. The fourth-order valence-electron chi connectivity index (χ4n) is 7.80. The Morgan fingerprint density at radius 1 is 0.940 bits per heavy atom. The average Bonchev–Trinajstić information content (AvgIpc) is 3.35. The smallest absolute Gasteiger partial charge is 0.456 e. The highest BCUT2D eigenvalue weighted by molar-refractivity contribution is 6.45. The molecule has 2 unspecified atom stereocenters. The summed E-state index contributed by atoms with van der Waals surface area (Å²) in [7, 11) is -0.558. The van der Waals surface area contributed by atoms with Crippen molar-refractivity contribution in [2.45, 2.75) is 124 Å². The minimum absolute atomic E-state index is 0.00617. The van der Waals surface area contributed by atoms with E-state index in [1.807, 2.05) is 30.3 Å². The van der Waals surface area contributed by atoms with Crippen LogP contribution in [0.15, 0.2) is 42.5 Å². The highest BCUT2D eigenvalue weighted by Crippen LogP contribution is 2.66. The Morgan fingerprint density at radius 3 is 2.28 bits per heavy atom. The van der Waals surface area contributed by atoms with Gasteiger partial charge in [-0.05, 0) is 96.0 Å². The van der Waals surface area contributed by atoms with E-state index in [1.54, 1.807) is 53.7 Å². The van der Waals surface area contributed by atoms with Crippen molar-refractivity contribution < 1.29 is 47.0 Å². The van der Waals surface area contributed by atoms with Gasteiger partial charge in [0.2, 0.25) is 0 Å². The Morgan fingerprint density at radius 2 is 1.64 bits per heavy atom. The first-order valence-corrected chi connectivity index (χ1v) is 17.8. The normalized spacial score (nSPS) is 24.6. The summed E-state index contributed by atoms with van der Waals surface area (Å²) in [6.45, 7) is 16.8. The largest absolute Gasteiger partial charge is 0.514 e. The van der Waals surface area contributed by atoms with Crippen LogP contribution in [0, 0.1) is 17.3 Å². The molecule has 5 atom stereocenters. The van der Waals surface area contributed by atoms with Gasteiger partial charge in [0.15, 0.2) is 5.75 Å². The molecule has 4 fully saturated rings. The van der Waals surface area contributed by atoms with Gasteiger partial charge in [0.1, 0.15) is 23.4 Å². The number of alkyl halides is 1. The Labute approximate surface area is 297 Å². The van der Waals surface area contributed by atoms with Crippen LogP contribution in [0.5, 0.6) is 5.75 Å². The van der Waals surface area contributed by atoms with Crippen molar-refractivity contribution in [2.24, 2.45) is 17.3 Å². The molecular formula is C39H54BFO9. The van der Waals surface area contributed by atoms with E-state index in [9.17, 15) is 14.0 Å². The maximum atomic E-state index is 14.0. The van der Waals surface area contributed by atoms with E-state index in [-0.39, 0.29) is 42.7 Å². The molecule has 3 saturated carbocycles. The van der Waals surface area contributed by atoms with Crippen molar-refractivity contribution in [2.75, 3.05) is 19.9 Å². The Bertz CT molecular complexity index is 1500. The zero-order valence-electron chi connectivity index (χ0n) is 31.1. The number of carbonyl (C=O) groups is 2. The van der Waals surface area contributed by atoms with E-state index < -0.39 is 48.6 Å². The van der Waals surface area contributed by atoms with Crippen molar-refractivity contribution in [1.82, 2.24) is 0 Å². The van der Waals surface area contributed by atoms with Crippen molar-refractivity contribution in [3.8, 4) is 5.75 Å².